The molecule has 0 unspecified atom stereocenters. The molecule has 0 heterocycles. The number of aryl methyl sites for hydroxylation is 1. The Balaban J connectivity index is 2.19. The van der Waals surface area contributed by atoms with E-state index in [1.807, 2.05) is 19.1 Å². The van der Waals surface area contributed by atoms with Crippen LogP contribution >= 0.6 is 0 Å². The minimum atomic E-state index is -1.02. The Morgan fingerprint density at radius 2 is 1.70 bits per heavy atom. The average Bonchev–Trinajstić information content (AvgIpc) is 2.56. The van der Waals surface area contributed by atoms with Crippen LogP contribution in [0.2, 0.25) is 0 Å². The Bertz CT molecular complexity index is 664. The molecule has 122 valence electrons. The highest BCUT2D eigenvalue weighted by atomic mass is 16.5. The summed E-state index contributed by atoms with van der Waals surface area (Å²) in [7, 11) is 3.10. The van der Waals surface area contributed by atoms with Crippen molar-refractivity contribution in [3.63, 3.8) is 0 Å². The van der Waals surface area contributed by atoms with Crippen molar-refractivity contribution in [2.24, 2.45) is 0 Å². The summed E-state index contributed by atoms with van der Waals surface area (Å²) < 4.78 is 16.1. The fraction of sp³-hybridized carbons (Fsp3) is 0.278. The Morgan fingerprint density at radius 3 is 2.26 bits per heavy atom. The van der Waals surface area contributed by atoms with Crippen molar-refractivity contribution >= 4 is 5.97 Å². The van der Waals surface area contributed by atoms with Crippen LogP contribution in [0.25, 0.3) is 0 Å². The molecule has 23 heavy (non-hydrogen) atoms. The molecule has 2 aromatic rings. The van der Waals surface area contributed by atoms with Crippen LogP contribution < -0.4 is 14.2 Å². The highest BCUT2D eigenvalue weighted by molar-refractivity contribution is 5.73. The lowest BCUT2D eigenvalue weighted by atomic mass is 10.1. The third-order valence-corrected chi connectivity index (χ3v) is 3.47. The van der Waals surface area contributed by atoms with Crippen molar-refractivity contribution in [3.05, 3.63) is 53.6 Å². The van der Waals surface area contributed by atoms with Crippen LogP contribution in [0.15, 0.2) is 42.5 Å². The number of aliphatic carboxylic acids is 1. The predicted molar refractivity (Wildman–Crippen MR) is 86.5 cm³/mol. The van der Waals surface area contributed by atoms with Crippen LogP contribution in [0.5, 0.6) is 17.2 Å². The highest BCUT2D eigenvalue weighted by Crippen LogP contribution is 2.26. The first-order chi connectivity index (χ1) is 11.0. The third-order valence-electron chi connectivity index (χ3n) is 3.47. The number of hydrogen-bond acceptors (Lipinski definition) is 4. The van der Waals surface area contributed by atoms with Gasteiger partial charge in [0.05, 0.1) is 14.2 Å². The van der Waals surface area contributed by atoms with Crippen LogP contribution in [-0.2, 0) is 11.2 Å². The van der Waals surface area contributed by atoms with E-state index in [2.05, 4.69) is 0 Å². The molecule has 0 saturated carbocycles. The van der Waals surface area contributed by atoms with Gasteiger partial charge in [0.1, 0.15) is 17.2 Å². The summed E-state index contributed by atoms with van der Waals surface area (Å²) in [6, 6.07) is 12.5. The van der Waals surface area contributed by atoms with Gasteiger partial charge in [0.2, 0.25) is 0 Å². The van der Waals surface area contributed by atoms with E-state index < -0.39 is 12.1 Å². The van der Waals surface area contributed by atoms with Crippen LogP contribution in [0.3, 0.4) is 0 Å². The lowest BCUT2D eigenvalue weighted by molar-refractivity contribution is -0.145. The molecule has 0 saturated heterocycles. The minimum Gasteiger partial charge on any atom is -0.497 e. The highest BCUT2D eigenvalue weighted by Gasteiger charge is 2.22. The number of carbonyl (C=O) groups is 1. The Morgan fingerprint density at radius 1 is 1.04 bits per heavy atom. The van der Waals surface area contributed by atoms with Gasteiger partial charge < -0.3 is 19.3 Å². The van der Waals surface area contributed by atoms with E-state index in [0.29, 0.717) is 17.2 Å². The number of methoxy groups -OCH3 is 2. The molecule has 0 spiro atoms. The first-order valence-electron chi connectivity index (χ1n) is 7.20. The first-order valence-corrected chi connectivity index (χ1v) is 7.20. The molecule has 5 heteroatoms. The standard InChI is InChI=1S/C18H20O5/c1-12-4-7-14(8-5-12)23-17(18(19)20)10-13-6-9-15(21-2)11-16(13)22-3/h4-9,11,17H,10H2,1-3H3,(H,19,20)/t17-/m0/s1. The van der Waals surface area contributed by atoms with Gasteiger partial charge in [0.25, 0.3) is 0 Å². The summed E-state index contributed by atoms with van der Waals surface area (Å²) in [6.07, 6.45) is -0.809. The average molecular weight is 316 g/mol. The van der Waals surface area contributed by atoms with Crippen molar-refractivity contribution < 1.29 is 24.1 Å². The molecule has 1 N–H and O–H groups in total. The zero-order valence-electron chi connectivity index (χ0n) is 13.4. The molecule has 0 fully saturated rings. The van der Waals surface area contributed by atoms with Gasteiger partial charge in [-0.1, -0.05) is 23.8 Å². The largest absolute Gasteiger partial charge is 0.497 e. The summed E-state index contributed by atoms with van der Waals surface area (Å²) in [5.41, 5.74) is 1.83. The molecular weight excluding hydrogens is 296 g/mol. The Hall–Kier alpha value is -2.69. The Kier molecular flexibility index (Phi) is 5.46. The van der Waals surface area contributed by atoms with Gasteiger partial charge in [-0.2, -0.15) is 0 Å². The summed E-state index contributed by atoms with van der Waals surface area (Å²) in [5, 5.41) is 9.42. The minimum absolute atomic E-state index is 0.191. The number of ether oxygens (including phenoxy) is 3. The summed E-state index contributed by atoms with van der Waals surface area (Å²) in [5.74, 6) is 0.721. The fourth-order valence-corrected chi connectivity index (χ4v) is 2.18. The Labute approximate surface area is 135 Å². The number of benzene rings is 2. The topological polar surface area (TPSA) is 65.0 Å². The normalized spacial score (nSPS) is 11.6. The van der Waals surface area contributed by atoms with Gasteiger partial charge in [-0.3, -0.25) is 0 Å². The number of carboxylic acid groups (broad SMARTS) is 1. The van der Waals surface area contributed by atoms with Crippen molar-refractivity contribution in [1.29, 1.82) is 0 Å². The molecule has 5 nitrogen and oxygen atoms in total. The van der Waals surface area contributed by atoms with Gasteiger partial charge >= 0.3 is 5.97 Å². The lowest BCUT2D eigenvalue weighted by Crippen LogP contribution is -2.29. The number of hydrogen-bond donors (Lipinski definition) is 1. The molecular formula is C18H20O5. The molecule has 0 aliphatic rings. The molecule has 0 amide bonds. The lowest BCUT2D eigenvalue weighted by Gasteiger charge is -2.17. The zero-order chi connectivity index (χ0) is 16.8. The summed E-state index contributed by atoms with van der Waals surface area (Å²) in [6.45, 7) is 1.96. The first kappa shape index (κ1) is 16.7. The van der Waals surface area contributed by atoms with E-state index in [-0.39, 0.29) is 6.42 Å². The van der Waals surface area contributed by atoms with Gasteiger partial charge in [-0.05, 0) is 30.7 Å². The molecule has 0 radical (unpaired) electrons. The smallest absolute Gasteiger partial charge is 0.345 e. The monoisotopic (exact) mass is 316 g/mol. The van der Waals surface area contributed by atoms with Crippen LogP contribution in [-0.4, -0.2) is 31.4 Å². The van der Waals surface area contributed by atoms with Crippen molar-refractivity contribution in [3.8, 4) is 17.2 Å². The van der Waals surface area contributed by atoms with E-state index in [1.54, 1.807) is 37.4 Å². The van der Waals surface area contributed by atoms with E-state index >= 15 is 0 Å². The van der Waals surface area contributed by atoms with E-state index in [0.717, 1.165) is 11.1 Å². The number of rotatable bonds is 7. The molecule has 0 bridgehead atoms. The SMILES string of the molecule is COc1ccc(C[C@H](Oc2ccc(C)cc2)C(=O)O)c(OC)c1. The summed E-state index contributed by atoms with van der Waals surface area (Å²) in [4.78, 5) is 11.5. The van der Waals surface area contributed by atoms with Crippen LogP contribution in [0.4, 0.5) is 0 Å². The quantitative estimate of drug-likeness (QED) is 0.850. The fourth-order valence-electron chi connectivity index (χ4n) is 2.18. The van der Waals surface area contributed by atoms with Crippen molar-refractivity contribution in [2.45, 2.75) is 19.4 Å². The van der Waals surface area contributed by atoms with Gasteiger partial charge in [-0.25, -0.2) is 4.79 Å². The summed E-state index contributed by atoms with van der Waals surface area (Å²) >= 11 is 0. The zero-order valence-corrected chi connectivity index (χ0v) is 13.4. The maximum absolute atomic E-state index is 11.5. The van der Waals surface area contributed by atoms with Gasteiger partial charge in [-0.15, -0.1) is 0 Å². The van der Waals surface area contributed by atoms with E-state index in [1.165, 1.54) is 7.11 Å². The second kappa shape index (κ2) is 7.54. The van der Waals surface area contributed by atoms with Crippen LogP contribution in [0.1, 0.15) is 11.1 Å². The predicted octanol–water partition coefficient (Wildman–Crippen LogP) is 3.09. The van der Waals surface area contributed by atoms with E-state index in [9.17, 15) is 9.90 Å². The van der Waals surface area contributed by atoms with Crippen molar-refractivity contribution in [2.75, 3.05) is 14.2 Å². The molecule has 1 atom stereocenters. The van der Waals surface area contributed by atoms with E-state index in [4.69, 9.17) is 14.2 Å². The second-order valence-corrected chi connectivity index (χ2v) is 5.14. The molecule has 0 aromatic heterocycles. The van der Waals surface area contributed by atoms with Crippen molar-refractivity contribution in [1.82, 2.24) is 0 Å². The molecule has 2 aromatic carbocycles. The van der Waals surface area contributed by atoms with Gasteiger partial charge in [0, 0.05) is 12.5 Å². The molecule has 0 aliphatic heterocycles. The molecule has 0 aliphatic carbocycles. The molecule has 2 rings (SSSR count). The third kappa shape index (κ3) is 4.39. The second-order valence-electron chi connectivity index (χ2n) is 5.14. The number of carboxylic acids is 1. The van der Waals surface area contributed by atoms with Gasteiger partial charge in [0.15, 0.2) is 6.10 Å². The maximum Gasteiger partial charge on any atom is 0.345 e. The maximum atomic E-state index is 11.5. The van der Waals surface area contributed by atoms with Crippen LogP contribution in [0, 0.1) is 6.92 Å².